The summed E-state index contributed by atoms with van der Waals surface area (Å²) in [6.45, 7) is 2.27. The van der Waals surface area contributed by atoms with E-state index in [1.165, 1.54) is 19.3 Å². The van der Waals surface area contributed by atoms with Gasteiger partial charge in [-0.3, -0.25) is 0 Å². The Labute approximate surface area is 100 Å². The van der Waals surface area contributed by atoms with Crippen LogP contribution in [0.25, 0.3) is 11.1 Å². The van der Waals surface area contributed by atoms with Crippen LogP contribution >= 0.6 is 0 Å². The molecule has 3 N–H and O–H groups in total. The van der Waals surface area contributed by atoms with Gasteiger partial charge in [-0.25, -0.2) is 0 Å². The highest BCUT2D eigenvalue weighted by Crippen LogP contribution is 2.30. The van der Waals surface area contributed by atoms with Crippen LogP contribution in [0.5, 0.6) is 0 Å². The van der Waals surface area contributed by atoms with E-state index in [1.54, 1.807) is 0 Å². The largest absolute Gasteiger partial charge is 0.423 e. The summed E-state index contributed by atoms with van der Waals surface area (Å²) in [5.74, 6) is 0.683. The highest BCUT2D eigenvalue weighted by atomic mass is 16.4. The van der Waals surface area contributed by atoms with Crippen molar-refractivity contribution in [2.75, 3.05) is 11.1 Å². The smallest absolute Gasteiger partial charge is 0.295 e. The predicted molar refractivity (Wildman–Crippen MR) is 68.8 cm³/mol. The van der Waals surface area contributed by atoms with Crippen LogP contribution in [0.3, 0.4) is 0 Å². The zero-order valence-electron chi connectivity index (χ0n) is 9.94. The number of nitrogen functional groups attached to an aromatic ring is 1. The lowest BCUT2D eigenvalue weighted by Gasteiger charge is -2.15. The van der Waals surface area contributed by atoms with Crippen molar-refractivity contribution in [2.24, 2.45) is 5.92 Å². The molecule has 4 heteroatoms. The van der Waals surface area contributed by atoms with E-state index in [4.69, 9.17) is 10.2 Å². The lowest BCUT2D eigenvalue weighted by molar-refractivity contribution is 0.526. The summed E-state index contributed by atoms with van der Waals surface area (Å²) < 4.78 is 5.66. The molecule has 0 saturated heterocycles. The summed E-state index contributed by atoms with van der Waals surface area (Å²) in [6.07, 6.45) is 3.75. The number of rotatable bonds is 2. The molecule has 1 aliphatic rings. The van der Waals surface area contributed by atoms with E-state index in [0.717, 1.165) is 11.1 Å². The summed E-state index contributed by atoms with van der Waals surface area (Å²) in [6, 6.07) is 6.68. The Hall–Kier alpha value is -1.71. The number of nitrogens with one attached hydrogen (secondary N) is 1. The number of nitrogens with zero attached hydrogens (tertiary/aromatic N) is 1. The van der Waals surface area contributed by atoms with Crippen molar-refractivity contribution in [3.05, 3.63) is 18.2 Å². The third kappa shape index (κ3) is 1.84. The minimum atomic E-state index is 0.476. The van der Waals surface area contributed by atoms with Gasteiger partial charge in [-0.15, -0.1) is 0 Å². The average Bonchev–Trinajstić information content (AvgIpc) is 2.87. The molecular formula is C13H17N3O. The Balaban J connectivity index is 1.88. The Morgan fingerprint density at radius 1 is 1.41 bits per heavy atom. The van der Waals surface area contributed by atoms with E-state index in [2.05, 4.69) is 17.2 Å². The maximum absolute atomic E-state index is 5.85. The number of fused-ring (bicyclic) bond motifs is 1. The van der Waals surface area contributed by atoms with Crippen molar-refractivity contribution in [3.63, 3.8) is 0 Å². The van der Waals surface area contributed by atoms with Crippen LogP contribution in [-0.4, -0.2) is 11.0 Å². The number of benzene rings is 1. The molecule has 1 fully saturated rings. The number of anilines is 2. The fourth-order valence-corrected chi connectivity index (χ4v) is 2.55. The van der Waals surface area contributed by atoms with Crippen molar-refractivity contribution >= 4 is 22.8 Å². The maximum atomic E-state index is 5.85. The minimum absolute atomic E-state index is 0.476. The molecule has 1 heterocycles. The predicted octanol–water partition coefficient (Wildman–Crippen LogP) is 3.01. The van der Waals surface area contributed by atoms with Gasteiger partial charge in [-0.1, -0.05) is 19.4 Å². The van der Waals surface area contributed by atoms with Gasteiger partial charge in [-0.05, 0) is 30.9 Å². The van der Waals surface area contributed by atoms with Gasteiger partial charge in [0, 0.05) is 6.04 Å². The minimum Gasteiger partial charge on any atom is -0.423 e. The van der Waals surface area contributed by atoms with E-state index in [9.17, 15) is 0 Å². The Morgan fingerprint density at radius 3 is 3.00 bits per heavy atom. The summed E-state index contributed by atoms with van der Waals surface area (Å²) in [7, 11) is 0. The van der Waals surface area contributed by atoms with Crippen molar-refractivity contribution in [3.8, 4) is 0 Å². The molecule has 4 nitrogen and oxygen atoms in total. The molecule has 90 valence electrons. The number of nitrogens with two attached hydrogens (primary N) is 1. The molecule has 0 bridgehead atoms. The molecule has 1 aromatic carbocycles. The summed E-state index contributed by atoms with van der Waals surface area (Å²) in [4.78, 5) is 4.41. The fourth-order valence-electron chi connectivity index (χ4n) is 2.55. The lowest BCUT2D eigenvalue weighted by Crippen LogP contribution is -2.21. The third-order valence-electron chi connectivity index (χ3n) is 3.62. The SMILES string of the molecule is CC1CCCC1Nc1nc2c(N)cccc2o1. The summed E-state index contributed by atoms with van der Waals surface area (Å²) in [5, 5.41) is 3.37. The molecule has 1 aromatic heterocycles. The van der Waals surface area contributed by atoms with Gasteiger partial charge >= 0.3 is 0 Å². The lowest BCUT2D eigenvalue weighted by atomic mass is 10.1. The first kappa shape index (κ1) is 10.4. The van der Waals surface area contributed by atoms with Crippen molar-refractivity contribution in [2.45, 2.75) is 32.2 Å². The Kier molecular flexibility index (Phi) is 2.42. The van der Waals surface area contributed by atoms with Gasteiger partial charge in [0.15, 0.2) is 5.58 Å². The summed E-state index contributed by atoms with van der Waals surface area (Å²) >= 11 is 0. The van der Waals surface area contributed by atoms with Crippen LogP contribution in [0.4, 0.5) is 11.7 Å². The highest BCUT2D eigenvalue weighted by molar-refractivity contribution is 5.86. The van der Waals surface area contributed by atoms with Crippen molar-refractivity contribution in [1.82, 2.24) is 4.98 Å². The molecule has 17 heavy (non-hydrogen) atoms. The average molecular weight is 231 g/mol. The van der Waals surface area contributed by atoms with Gasteiger partial charge in [0.1, 0.15) is 5.52 Å². The molecule has 2 unspecified atom stereocenters. The molecule has 1 saturated carbocycles. The van der Waals surface area contributed by atoms with Gasteiger partial charge in [0.2, 0.25) is 0 Å². The van der Waals surface area contributed by atoms with Crippen LogP contribution in [0.15, 0.2) is 22.6 Å². The number of oxazole rings is 1. The van der Waals surface area contributed by atoms with Crippen LogP contribution in [-0.2, 0) is 0 Å². The van der Waals surface area contributed by atoms with E-state index in [-0.39, 0.29) is 0 Å². The van der Waals surface area contributed by atoms with Crippen LogP contribution < -0.4 is 11.1 Å². The molecule has 2 aromatic rings. The van der Waals surface area contributed by atoms with E-state index >= 15 is 0 Å². The number of para-hydroxylation sites is 1. The van der Waals surface area contributed by atoms with Crippen LogP contribution in [0, 0.1) is 5.92 Å². The quantitative estimate of drug-likeness (QED) is 0.780. The van der Waals surface area contributed by atoms with Crippen LogP contribution in [0.1, 0.15) is 26.2 Å². The Morgan fingerprint density at radius 2 is 2.29 bits per heavy atom. The highest BCUT2D eigenvalue weighted by Gasteiger charge is 2.24. The first-order valence-corrected chi connectivity index (χ1v) is 6.15. The topological polar surface area (TPSA) is 64.1 Å². The second kappa shape index (κ2) is 3.95. The Bertz CT molecular complexity index is 534. The van der Waals surface area contributed by atoms with Crippen LogP contribution in [0.2, 0.25) is 0 Å². The molecule has 0 aliphatic heterocycles. The normalized spacial score (nSPS) is 24.3. The maximum Gasteiger partial charge on any atom is 0.295 e. The molecular weight excluding hydrogens is 214 g/mol. The van der Waals surface area contributed by atoms with Gasteiger partial charge in [0.25, 0.3) is 6.01 Å². The van der Waals surface area contributed by atoms with Crippen molar-refractivity contribution < 1.29 is 4.42 Å². The second-order valence-corrected chi connectivity index (χ2v) is 4.87. The first-order valence-electron chi connectivity index (χ1n) is 6.15. The van der Waals surface area contributed by atoms with E-state index in [1.807, 2.05) is 18.2 Å². The molecule has 2 atom stereocenters. The number of hydrogen-bond acceptors (Lipinski definition) is 4. The van der Waals surface area contributed by atoms with Crippen molar-refractivity contribution in [1.29, 1.82) is 0 Å². The third-order valence-corrected chi connectivity index (χ3v) is 3.62. The second-order valence-electron chi connectivity index (χ2n) is 4.87. The van der Waals surface area contributed by atoms with Gasteiger partial charge in [-0.2, -0.15) is 4.98 Å². The molecule has 1 aliphatic carbocycles. The van der Waals surface area contributed by atoms with E-state index in [0.29, 0.717) is 23.7 Å². The van der Waals surface area contributed by atoms with Gasteiger partial charge < -0.3 is 15.5 Å². The van der Waals surface area contributed by atoms with Gasteiger partial charge in [0.05, 0.1) is 5.69 Å². The zero-order chi connectivity index (χ0) is 11.8. The number of aromatic nitrogens is 1. The zero-order valence-corrected chi connectivity index (χ0v) is 9.94. The molecule has 3 rings (SSSR count). The van der Waals surface area contributed by atoms with E-state index < -0.39 is 0 Å². The summed E-state index contributed by atoms with van der Waals surface area (Å²) in [5.41, 5.74) is 8.02. The monoisotopic (exact) mass is 231 g/mol. The molecule has 0 radical (unpaired) electrons. The standard InChI is InChI=1S/C13H17N3O/c1-8-4-2-6-10(8)15-13-16-12-9(14)5-3-7-11(12)17-13/h3,5,7-8,10H,2,4,6,14H2,1H3,(H,15,16). The fraction of sp³-hybridized carbons (Fsp3) is 0.462. The molecule has 0 spiro atoms. The molecule has 0 amide bonds. The number of hydrogen-bond donors (Lipinski definition) is 2. The first-order chi connectivity index (χ1) is 8.24.